The van der Waals surface area contributed by atoms with Crippen LogP contribution in [0.5, 0.6) is 17.2 Å². The minimum absolute atomic E-state index is 0.389. The maximum absolute atomic E-state index is 5.40. The van der Waals surface area contributed by atoms with Crippen LogP contribution < -0.4 is 14.2 Å². The van der Waals surface area contributed by atoms with E-state index in [1.54, 1.807) is 21.3 Å². The van der Waals surface area contributed by atoms with Gasteiger partial charge in [0.15, 0.2) is 6.71 Å². The fraction of sp³-hybridized carbons (Fsp3) is 0.438. The Balaban J connectivity index is 0.000000877. The molecule has 200 valence electrons. The standard InChI is InChI=1S/C28H35BO3.C4H12P/c1-5-6-7-28(24-12-18-27(32-4)19-13-24)29(20-22-8-14-25(30-2)15-9-22)21-23-10-16-26(31-3)17-11-23;1-5(2,3)4/h8-19,28H,5-7,20-21H2,1-4H3;1-4H3/q;+1. The maximum Gasteiger partial charge on any atom is 0.157 e. The average Bonchev–Trinajstić information content (AvgIpc) is 2.89. The summed E-state index contributed by atoms with van der Waals surface area (Å²) >= 11 is 0. The maximum atomic E-state index is 5.40. The van der Waals surface area contributed by atoms with Crippen molar-refractivity contribution in [2.24, 2.45) is 0 Å². The highest BCUT2D eigenvalue weighted by Crippen LogP contribution is 2.40. The summed E-state index contributed by atoms with van der Waals surface area (Å²) in [5, 5.41) is 0. The van der Waals surface area contributed by atoms with Gasteiger partial charge in [0.1, 0.15) is 17.2 Å². The largest absolute Gasteiger partial charge is 0.497 e. The quantitative estimate of drug-likeness (QED) is 0.178. The molecule has 0 aliphatic rings. The van der Waals surface area contributed by atoms with Crippen LogP contribution in [-0.2, 0) is 12.6 Å². The molecule has 0 heterocycles. The molecule has 0 saturated heterocycles. The van der Waals surface area contributed by atoms with Gasteiger partial charge in [0.05, 0.1) is 21.3 Å². The molecule has 0 fully saturated rings. The Hall–Kier alpha value is -2.45. The number of rotatable bonds is 12. The van der Waals surface area contributed by atoms with E-state index in [1.165, 1.54) is 36.0 Å². The molecule has 3 nitrogen and oxygen atoms in total. The van der Waals surface area contributed by atoms with E-state index in [2.05, 4.69) is 106 Å². The highest BCUT2D eigenvalue weighted by atomic mass is 31.2. The van der Waals surface area contributed by atoms with Crippen LogP contribution in [0.3, 0.4) is 0 Å². The van der Waals surface area contributed by atoms with E-state index in [-0.39, 0.29) is 7.26 Å². The Morgan fingerprint density at radius 2 is 0.973 bits per heavy atom. The molecule has 5 heteroatoms. The molecule has 0 N–H and O–H groups in total. The van der Waals surface area contributed by atoms with Crippen molar-refractivity contribution in [3.8, 4) is 17.2 Å². The van der Waals surface area contributed by atoms with Crippen molar-refractivity contribution in [2.45, 2.75) is 44.6 Å². The molecule has 3 aromatic carbocycles. The highest BCUT2D eigenvalue weighted by Gasteiger charge is 2.27. The molecule has 3 rings (SSSR count). The number of methoxy groups -OCH3 is 3. The minimum Gasteiger partial charge on any atom is -0.497 e. The average molecular weight is 522 g/mol. The zero-order valence-corrected chi connectivity index (χ0v) is 25.2. The molecular weight excluding hydrogens is 474 g/mol. The van der Waals surface area contributed by atoms with Gasteiger partial charge in [0.2, 0.25) is 0 Å². The first-order valence-electron chi connectivity index (χ1n) is 13.4. The monoisotopic (exact) mass is 521 g/mol. The van der Waals surface area contributed by atoms with E-state index in [0.29, 0.717) is 12.5 Å². The van der Waals surface area contributed by atoms with Crippen molar-refractivity contribution in [1.82, 2.24) is 0 Å². The van der Waals surface area contributed by atoms with Crippen LogP contribution in [0.25, 0.3) is 0 Å². The first kappa shape index (κ1) is 30.8. The van der Waals surface area contributed by atoms with Crippen LogP contribution in [0.4, 0.5) is 0 Å². The molecule has 1 atom stereocenters. The lowest BCUT2D eigenvalue weighted by Gasteiger charge is -2.26. The third-order valence-corrected chi connectivity index (χ3v) is 6.30. The van der Waals surface area contributed by atoms with E-state index in [1.807, 2.05) is 0 Å². The van der Waals surface area contributed by atoms with E-state index in [0.717, 1.165) is 29.9 Å². The molecule has 0 spiro atoms. The third-order valence-electron chi connectivity index (χ3n) is 6.30. The molecule has 0 amide bonds. The lowest BCUT2D eigenvalue weighted by Crippen LogP contribution is -2.30. The molecule has 37 heavy (non-hydrogen) atoms. The van der Waals surface area contributed by atoms with E-state index in [9.17, 15) is 0 Å². The summed E-state index contributed by atoms with van der Waals surface area (Å²) in [7, 11) is 4.76. The van der Waals surface area contributed by atoms with Crippen molar-refractivity contribution in [1.29, 1.82) is 0 Å². The summed E-state index contributed by atoms with van der Waals surface area (Å²) in [4.78, 5) is 0. The van der Waals surface area contributed by atoms with Crippen molar-refractivity contribution in [3.05, 3.63) is 89.5 Å². The number of hydrogen-bond acceptors (Lipinski definition) is 3. The van der Waals surface area contributed by atoms with Crippen LogP contribution in [-0.4, -0.2) is 54.7 Å². The summed E-state index contributed by atoms with van der Waals surface area (Å²) in [6.07, 6.45) is 5.65. The highest BCUT2D eigenvalue weighted by molar-refractivity contribution is 7.73. The summed E-state index contributed by atoms with van der Waals surface area (Å²) in [6, 6.07) is 25.7. The number of hydrogen-bond donors (Lipinski definition) is 0. The smallest absolute Gasteiger partial charge is 0.157 e. The van der Waals surface area contributed by atoms with Gasteiger partial charge < -0.3 is 14.2 Å². The van der Waals surface area contributed by atoms with Crippen molar-refractivity contribution < 1.29 is 14.2 Å². The molecule has 0 bridgehead atoms. The second kappa shape index (κ2) is 15.7. The molecular formula is C32H47BO3P+. The first-order chi connectivity index (χ1) is 17.7. The van der Waals surface area contributed by atoms with Gasteiger partial charge >= 0.3 is 0 Å². The Morgan fingerprint density at radius 3 is 1.30 bits per heavy atom. The van der Waals surface area contributed by atoms with Crippen LogP contribution in [0, 0.1) is 0 Å². The lowest BCUT2D eigenvalue weighted by molar-refractivity contribution is 0.414. The predicted molar refractivity (Wildman–Crippen MR) is 165 cm³/mol. The van der Waals surface area contributed by atoms with Gasteiger partial charge in [-0.3, -0.25) is 0 Å². The predicted octanol–water partition coefficient (Wildman–Crippen LogP) is 8.11. The summed E-state index contributed by atoms with van der Waals surface area (Å²) in [6.45, 7) is 11.9. The van der Waals surface area contributed by atoms with Crippen molar-refractivity contribution >= 4 is 14.0 Å². The molecule has 0 saturated carbocycles. The Kier molecular flexibility index (Phi) is 13.1. The van der Waals surface area contributed by atoms with E-state index >= 15 is 0 Å². The van der Waals surface area contributed by atoms with Crippen LogP contribution in [0.2, 0.25) is 0 Å². The summed E-state index contributed by atoms with van der Waals surface area (Å²) < 4.78 is 16.1. The normalized spacial score (nSPS) is 11.7. The molecule has 3 aromatic rings. The minimum atomic E-state index is -0.389. The van der Waals surface area contributed by atoms with Crippen LogP contribution in [0.1, 0.15) is 48.7 Å². The van der Waals surface area contributed by atoms with Gasteiger partial charge in [-0.1, -0.05) is 79.3 Å². The zero-order valence-electron chi connectivity index (χ0n) is 24.3. The molecule has 0 aliphatic heterocycles. The Morgan fingerprint density at radius 1 is 0.622 bits per heavy atom. The van der Waals surface area contributed by atoms with Gasteiger partial charge in [-0.25, -0.2) is 0 Å². The molecule has 0 aromatic heterocycles. The number of ether oxygens (including phenoxy) is 3. The third kappa shape index (κ3) is 11.6. The number of unbranched alkanes of at least 4 members (excludes halogenated alkanes) is 1. The van der Waals surface area contributed by atoms with Crippen molar-refractivity contribution in [2.75, 3.05) is 48.0 Å². The van der Waals surface area contributed by atoms with Gasteiger partial charge in [-0.15, -0.1) is 0 Å². The summed E-state index contributed by atoms with van der Waals surface area (Å²) in [5.74, 6) is 3.19. The second-order valence-corrected chi connectivity index (χ2v) is 16.4. The van der Waals surface area contributed by atoms with Gasteiger partial charge in [-0.05, 0) is 54.9 Å². The van der Waals surface area contributed by atoms with E-state index < -0.39 is 0 Å². The molecule has 1 unspecified atom stereocenters. The van der Waals surface area contributed by atoms with Crippen LogP contribution >= 0.6 is 7.26 Å². The SMILES string of the molecule is CCCCC(B(Cc1ccc(OC)cc1)Cc1ccc(OC)cc1)c1ccc(OC)cc1.C[P+](C)(C)C. The van der Waals surface area contributed by atoms with Gasteiger partial charge in [0.25, 0.3) is 0 Å². The fourth-order valence-corrected chi connectivity index (χ4v) is 4.44. The number of benzene rings is 3. The van der Waals surface area contributed by atoms with E-state index in [4.69, 9.17) is 14.2 Å². The van der Waals surface area contributed by atoms with Crippen LogP contribution in [0.15, 0.2) is 72.8 Å². The second-order valence-electron chi connectivity index (χ2n) is 11.1. The summed E-state index contributed by atoms with van der Waals surface area (Å²) in [5.41, 5.74) is 4.09. The van der Waals surface area contributed by atoms with Crippen molar-refractivity contribution in [3.63, 3.8) is 0 Å². The Labute approximate surface area is 227 Å². The molecule has 0 radical (unpaired) electrons. The zero-order chi connectivity index (χ0) is 27.3. The molecule has 0 aliphatic carbocycles. The van der Waals surface area contributed by atoms with Gasteiger partial charge in [0, 0.05) is 33.9 Å². The lowest BCUT2D eigenvalue weighted by atomic mass is 9.34. The topological polar surface area (TPSA) is 27.7 Å². The Bertz CT molecular complexity index is 956. The van der Waals surface area contributed by atoms with Gasteiger partial charge in [-0.2, -0.15) is 0 Å². The fourth-order valence-electron chi connectivity index (χ4n) is 4.44. The first-order valence-corrected chi connectivity index (χ1v) is 16.9.